The molecule has 0 heterocycles. The minimum Gasteiger partial charge on any atom is -0.341 e. The quantitative estimate of drug-likeness (QED) is 0.601. The van der Waals surface area contributed by atoms with Gasteiger partial charge in [0.05, 0.1) is 5.54 Å². The zero-order valence-electron chi connectivity index (χ0n) is 7.63. The molecule has 5 heteroatoms. The van der Waals surface area contributed by atoms with Crippen LogP contribution in [0.4, 0.5) is 0 Å². The van der Waals surface area contributed by atoms with E-state index in [2.05, 4.69) is 10.3 Å². The molecule has 0 atom stereocenters. The topological polar surface area (TPSA) is 81.4 Å². The second-order valence-corrected chi connectivity index (χ2v) is 3.31. The number of hydroxylamine groups is 1. The van der Waals surface area contributed by atoms with E-state index in [4.69, 9.17) is 5.73 Å². The third-order valence-corrected chi connectivity index (χ3v) is 1.95. The van der Waals surface area contributed by atoms with Gasteiger partial charge in [-0.3, -0.25) is 4.79 Å². The van der Waals surface area contributed by atoms with Crippen molar-refractivity contribution in [3.63, 3.8) is 0 Å². The fourth-order valence-electron chi connectivity index (χ4n) is 0.822. The van der Waals surface area contributed by atoms with E-state index in [1.807, 2.05) is 6.92 Å². The van der Waals surface area contributed by atoms with Crippen molar-refractivity contribution in [2.24, 2.45) is 5.73 Å². The van der Waals surface area contributed by atoms with Gasteiger partial charge in [-0.05, 0) is 19.3 Å². The van der Waals surface area contributed by atoms with E-state index >= 15 is 0 Å². The molecule has 1 amide bonds. The fraction of sp³-hybridized carbons (Fsp3) is 0.750. The van der Waals surface area contributed by atoms with Crippen LogP contribution in [0.25, 0.3) is 0 Å². The molecule has 74 valence electrons. The molecular formula is C8H14N2O3. The van der Waals surface area contributed by atoms with Crippen molar-refractivity contribution in [1.29, 1.82) is 0 Å². The Kier molecular flexibility index (Phi) is 2.87. The first-order valence-corrected chi connectivity index (χ1v) is 4.37. The molecule has 0 aliphatic heterocycles. The molecule has 0 aromatic carbocycles. The van der Waals surface area contributed by atoms with Crippen LogP contribution in [-0.2, 0) is 14.4 Å². The largest absolute Gasteiger partial charge is 0.341 e. The highest BCUT2D eigenvalue weighted by molar-refractivity contribution is 5.89. The van der Waals surface area contributed by atoms with Gasteiger partial charge in [-0.15, -0.1) is 0 Å². The van der Waals surface area contributed by atoms with E-state index in [1.54, 1.807) is 0 Å². The Hall–Kier alpha value is -1.10. The predicted octanol–water partition coefficient (Wildman–Crippen LogP) is -0.148. The molecule has 1 aliphatic carbocycles. The number of nitrogens with one attached hydrogen (secondary N) is 1. The van der Waals surface area contributed by atoms with E-state index in [1.165, 1.54) is 0 Å². The number of amides is 1. The van der Waals surface area contributed by atoms with Crippen LogP contribution in [0.15, 0.2) is 0 Å². The Labute approximate surface area is 76.6 Å². The zero-order chi connectivity index (χ0) is 9.90. The van der Waals surface area contributed by atoms with E-state index in [9.17, 15) is 9.59 Å². The molecule has 0 radical (unpaired) electrons. The highest BCUT2D eigenvalue weighted by Gasteiger charge is 2.46. The summed E-state index contributed by atoms with van der Waals surface area (Å²) in [6, 6.07) is 0. The molecule has 0 bridgehead atoms. The van der Waals surface area contributed by atoms with Crippen LogP contribution in [-0.4, -0.2) is 17.4 Å². The lowest BCUT2D eigenvalue weighted by atomic mass is 10.3. The van der Waals surface area contributed by atoms with E-state index in [0.29, 0.717) is 25.7 Å². The molecule has 1 fully saturated rings. The van der Waals surface area contributed by atoms with Gasteiger partial charge in [0, 0.05) is 6.42 Å². The number of nitrogens with two attached hydrogens (primary N) is 1. The summed E-state index contributed by atoms with van der Waals surface area (Å²) in [7, 11) is 0. The van der Waals surface area contributed by atoms with Crippen LogP contribution >= 0.6 is 0 Å². The standard InChI is InChI=1S/C8H14N2O3/c1-2-3-6(11)13-10-7(12)8(9)4-5-8/h2-5,9H2,1H3,(H,10,12). The maximum absolute atomic E-state index is 11.1. The minimum absolute atomic E-state index is 0.303. The lowest BCUT2D eigenvalue weighted by molar-refractivity contribution is -0.159. The first-order valence-electron chi connectivity index (χ1n) is 4.37. The number of carbonyl (C=O) groups excluding carboxylic acids is 2. The Bertz CT molecular complexity index is 223. The third-order valence-electron chi connectivity index (χ3n) is 1.95. The molecule has 3 N–H and O–H groups in total. The molecule has 0 saturated heterocycles. The average molecular weight is 186 g/mol. The highest BCUT2D eigenvalue weighted by atomic mass is 16.7. The molecule has 1 saturated carbocycles. The fourth-order valence-corrected chi connectivity index (χ4v) is 0.822. The Balaban J connectivity index is 2.19. The summed E-state index contributed by atoms with van der Waals surface area (Å²) in [5.74, 6) is -0.836. The summed E-state index contributed by atoms with van der Waals surface area (Å²) in [6.45, 7) is 1.86. The van der Waals surface area contributed by atoms with Crippen LogP contribution in [0, 0.1) is 0 Å². The maximum Gasteiger partial charge on any atom is 0.332 e. The Morgan fingerprint density at radius 1 is 1.54 bits per heavy atom. The van der Waals surface area contributed by atoms with Gasteiger partial charge in [0.1, 0.15) is 0 Å². The summed E-state index contributed by atoms with van der Waals surface area (Å²) in [4.78, 5) is 26.4. The molecule has 0 spiro atoms. The second-order valence-electron chi connectivity index (χ2n) is 3.31. The number of carbonyl (C=O) groups is 2. The average Bonchev–Trinajstić information content (AvgIpc) is 2.81. The van der Waals surface area contributed by atoms with Gasteiger partial charge in [0.15, 0.2) is 0 Å². The summed E-state index contributed by atoms with van der Waals surface area (Å²) in [5, 5.41) is 0. The van der Waals surface area contributed by atoms with Crippen molar-refractivity contribution in [3.8, 4) is 0 Å². The van der Waals surface area contributed by atoms with Crippen LogP contribution < -0.4 is 11.2 Å². The van der Waals surface area contributed by atoms with Crippen LogP contribution in [0.5, 0.6) is 0 Å². The molecule has 0 unspecified atom stereocenters. The van der Waals surface area contributed by atoms with Gasteiger partial charge >= 0.3 is 5.97 Å². The predicted molar refractivity (Wildman–Crippen MR) is 45.3 cm³/mol. The van der Waals surface area contributed by atoms with E-state index in [-0.39, 0.29) is 0 Å². The van der Waals surface area contributed by atoms with Gasteiger partial charge in [0.25, 0.3) is 5.91 Å². The molecule has 13 heavy (non-hydrogen) atoms. The van der Waals surface area contributed by atoms with Crippen molar-refractivity contribution in [1.82, 2.24) is 5.48 Å². The molecule has 5 nitrogen and oxygen atoms in total. The minimum atomic E-state index is -0.785. The molecule has 0 aromatic rings. The molecule has 1 rings (SSSR count). The van der Waals surface area contributed by atoms with Gasteiger partial charge in [-0.25, -0.2) is 4.79 Å². The second kappa shape index (κ2) is 3.74. The summed E-state index contributed by atoms with van der Waals surface area (Å²) in [6.07, 6.45) is 2.31. The first kappa shape index (κ1) is 9.98. The Morgan fingerprint density at radius 3 is 2.62 bits per heavy atom. The summed E-state index contributed by atoms with van der Waals surface area (Å²) in [5.41, 5.74) is 6.82. The van der Waals surface area contributed by atoms with E-state index in [0.717, 1.165) is 0 Å². The number of hydrogen-bond acceptors (Lipinski definition) is 4. The van der Waals surface area contributed by atoms with Crippen molar-refractivity contribution in [3.05, 3.63) is 0 Å². The van der Waals surface area contributed by atoms with Crippen LogP contribution in [0.3, 0.4) is 0 Å². The van der Waals surface area contributed by atoms with Crippen LogP contribution in [0.2, 0.25) is 0 Å². The highest BCUT2D eigenvalue weighted by Crippen LogP contribution is 2.31. The smallest absolute Gasteiger partial charge is 0.332 e. The van der Waals surface area contributed by atoms with Gasteiger partial charge in [0.2, 0.25) is 0 Å². The number of rotatable bonds is 3. The zero-order valence-corrected chi connectivity index (χ0v) is 7.63. The van der Waals surface area contributed by atoms with Gasteiger partial charge < -0.3 is 10.6 Å². The normalized spacial score (nSPS) is 17.7. The first-order chi connectivity index (χ1) is 6.08. The third kappa shape index (κ3) is 2.69. The molecular weight excluding hydrogens is 172 g/mol. The van der Waals surface area contributed by atoms with Crippen LogP contribution in [0.1, 0.15) is 32.6 Å². The lowest BCUT2D eigenvalue weighted by Crippen LogP contribution is -2.43. The monoisotopic (exact) mass is 186 g/mol. The summed E-state index contributed by atoms with van der Waals surface area (Å²) >= 11 is 0. The number of hydrogen-bond donors (Lipinski definition) is 2. The Morgan fingerprint density at radius 2 is 2.15 bits per heavy atom. The molecule has 0 aromatic heterocycles. The summed E-state index contributed by atoms with van der Waals surface area (Å²) < 4.78 is 0. The SMILES string of the molecule is CCCC(=O)ONC(=O)C1(N)CC1. The van der Waals surface area contributed by atoms with Crippen molar-refractivity contribution < 1.29 is 14.4 Å². The van der Waals surface area contributed by atoms with Crippen molar-refractivity contribution >= 4 is 11.9 Å². The lowest BCUT2D eigenvalue weighted by Gasteiger charge is -2.08. The van der Waals surface area contributed by atoms with Crippen molar-refractivity contribution in [2.75, 3.05) is 0 Å². The molecule has 1 aliphatic rings. The van der Waals surface area contributed by atoms with Gasteiger partial charge in [-0.1, -0.05) is 6.92 Å². The van der Waals surface area contributed by atoms with Crippen molar-refractivity contribution in [2.45, 2.75) is 38.1 Å². The maximum atomic E-state index is 11.1. The van der Waals surface area contributed by atoms with Gasteiger partial charge in [-0.2, -0.15) is 5.48 Å². The van der Waals surface area contributed by atoms with E-state index < -0.39 is 17.4 Å².